The SMILES string of the molecule is CC1CCC(C(C)(C)c2cnn(C)c2)C(Br)C1. The molecule has 96 valence electrons. The smallest absolute Gasteiger partial charge is 0.0527 e. The molecular weight excluding hydrogens is 276 g/mol. The summed E-state index contributed by atoms with van der Waals surface area (Å²) in [5.74, 6) is 1.57. The molecule has 1 fully saturated rings. The summed E-state index contributed by atoms with van der Waals surface area (Å²) in [6.07, 6.45) is 8.17. The van der Waals surface area contributed by atoms with Crippen molar-refractivity contribution in [3.05, 3.63) is 18.0 Å². The Morgan fingerprint density at radius 3 is 2.65 bits per heavy atom. The van der Waals surface area contributed by atoms with Crippen LogP contribution in [0.2, 0.25) is 0 Å². The zero-order valence-corrected chi connectivity index (χ0v) is 12.9. The van der Waals surface area contributed by atoms with Gasteiger partial charge in [-0.3, -0.25) is 4.68 Å². The van der Waals surface area contributed by atoms with E-state index in [1.807, 2.05) is 17.9 Å². The maximum Gasteiger partial charge on any atom is 0.0527 e. The number of nitrogens with zero attached hydrogens (tertiary/aromatic N) is 2. The summed E-state index contributed by atoms with van der Waals surface area (Å²) in [6.45, 7) is 7.08. The van der Waals surface area contributed by atoms with Gasteiger partial charge in [-0.25, -0.2) is 0 Å². The van der Waals surface area contributed by atoms with Crippen molar-refractivity contribution in [1.82, 2.24) is 9.78 Å². The van der Waals surface area contributed by atoms with Gasteiger partial charge in [-0.15, -0.1) is 0 Å². The van der Waals surface area contributed by atoms with E-state index in [9.17, 15) is 0 Å². The Hall–Kier alpha value is -0.310. The molecule has 1 aromatic rings. The van der Waals surface area contributed by atoms with Crippen LogP contribution < -0.4 is 0 Å². The van der Waals surface area contributed by atoms with Crippen molar-refractivity contribution >= 4 is 15.9 Å². The minimum Gasteiger partial charge on any atom is -0.276 e. The molecule has 0 amide bonds. The molecule has 1 heterocycles. The minimum atomic E-state index is 0.211. The Morgan fingerprint density at radius 2 is 2.12 bits per heavy atom. The third-order valence-electron chi connectivity index (χ3n) is 4.41. The summed E-state index contributed by atoms with van der Waals surface area (Å²) in [5.41, 5.74) is 1.58. The predicted octanol–water partition coefficient (Wildman–Crippen LogP) is 3.90. The first-order valence-electron chi connectivity index (χ1n) is 6.54. The van der Waals surface area contributed by atoms with Crippen molar-refractivity contribution in [3.63, 3.8) is 0 Å². The van der Waals surface area contributed by atoms with Gasteiger partial charge in [0.15, 0.2) is 0 Å². The van der Waals surface area contributed by atoms with Gasteiger partial charge in [0.1, 0.15) is 0 Å². The lowest BCUT2D eigenvalue weighted by molar-refractivity contribution is 0.214. The van der Waals surface area contributed by atoms with Gasteiger partial charge < -0.3 is 0 Å². The van der Waals surface area contributed by atoms with Gasteiger partial charge >= 0.3 is 0 Å². The number of rotatable bonds is 2. The predicted molar refractivity (Wildman–Crippen MR) is 75.5 cm³/mol. The van der Waals surface area contributed by atoms with Crippen molar-refractivity contribution in [1.29, 1.82) is 0 Å². The van der Waals surface area contributed by atoms with E-state index in [2.05, 4.69) is 48.0 Å². The van der Waals surface area contributed by atoms with E-state index in [1.165, 1.54) is 24.8 Å². The fourth-order valence-corrected chi connectivity index (χ4v) is 4.66. The van der Waals surface area contributed by atoms with Crippen LogP contribution in [0.1, 0.15) is 45.6 Å². The lowest BCUT2D eigenvalue weighted by Gasteiger charge is -2.41. The van der Waals surface area contributed by atoms with E-state index in [-0.39, 0.29) is 5.41 Å². The molecule has 1 aromatic heterocycles. The molecule has 0 N–H and O–H groups in total. The molecule has 3 heteroatoms. The largest absolute Gasteiger partial charge is 0.276 e. The second-order valence-corrected chi connectivity index (χ2v) is 7.34. The van der Waals surface area contributed by atoms with E-state index in [0.29, 0.717) is 10.7 Å². The molecule has 2 nitrogen and oxygen atoms in total. The van der Waals surface area contributed by atoms with E-state index in [0.717, 1.165) is 5.92 Å². The molecule has 3 unspecified atom stereocenters. The fourth-order valence-electron chi connectivity index (χ4n) is 3.09. The molecule has 2 rings (SSSR count). The second-order valence-electron chi connectivity index (χ2n) is 6.17. The van der Waals surface area contributed by atoms with Crippen LogP contribution in [0.5, 0.6) is 0 Å². The summed E-state index contributed by atoms with van der Waals surface area (Å²) < 4.78 is 1.91. The van der Waals surface area contributed by atoms with Gasteiger partial charge in [-0.1, -0.05) is 43.1 Å². The monoisotopic (exact) mass is 298 g/mol. The minimum absolute atomic E-state index is 0.211. The van der Waals surface area contributed by atoms with E-state index < -0.39 is 0 Å². The van der Waals surface area contributed by atoms with Gasteiger partial charge in [0, 0.05) is 18.1 Å². The van der Waals surface area contributed by atoms with Crippen LogP contribution in [0.4, 0.5) is 0 Å². The maximum atomic E-state index is 4.32. The van der Waals surface area contributed by atoms with Crippen LogP contribution in [0.15, 0.2) is 12.4 Å². The molecule has 17 heavy (non-hydrogen) atoms. The highest BCUT2D eigenvalue weighted by Gasteiger charge is 2.39. The first kappa shape index (κ1) is 13.1. The Labute approximate surface area is 113 Å². The molecule has 0 saturated heterocycles. The molecular formula is C14H23BrN2. The summed E-state index contributed by atoms with van der Waals surface area (Å²) in [6, 6.07) is 0. The van der Waals surface area contributed by atoms with Gasteiger partial charge in [0.2, 0.25) is 0 Å². The zero-order chi connectivity index (χ0) is 12.6. The average molecular weight is 299 g/mol. The quantitative estimate of drug-likeness (QED) is 0.757. The summed E-state index contributed by atoms with van der Waals surface area (Å²) in [7, 11) is 1.99. The highest BCUT2D eigenvalue weighted by molar-refractivity contribution is 9.09. The number of halogens is 1. The van der Waals surface area contributed by atoms with Crippen LogP contribution in [0.25, 0.3) is 0 Å². The van der Waals surface area contributed by atoms with Crippen molar-refractivity contribution in [2.75, 3.05) is 0 Å². The molecule has 1 aliphatic rings. The van der Waals surface area contributed by atoms with Crippen molar-refractivity contribution in [2.24, 2.45) is 18.9 Å². The van der Waals surface area contributed by atoms with Gasteiger partial charge in [-0.05, 0) is 35.7 Å². The molecule has 1 aliphatic carbocycles. The number of hydrogen-bond donors (Lipinski definition) is 0. The lowest BCUT2D eigenvalue weighted by atomic mass is 9.66. The number of aryl methyl sites for hydroxylation is 1. The van der Waals surface area contributed by atoms with Crippen LogP contribution in [0.3, 0.4) is 0 Å². The van der Waals surface area contributed by atoms with Gasteiger partial charge in [-0.2, -0.15) is 5.10 Å². The standard InChI is InChI=1S/C14H23BrN2/c1-10-5-6-12(13(15)7-10)14(2,3)11-8-16-17(4)9-11/h8-10,12-13H,5-7H2,1-4H3. The fraction of sp³-hybridized carbons (Fsp3) is 0.786. The Bertz CT molecular complexity index is 383. The first-order valence-corrected chi connectivity index (χ1v) is 7.46. The lowest BCUT2D eigenvalue weighted by Crippen LogP contribution is -2.38. The van der Waals surface area contributed by atoms with Crippen molar-refractivity contribution < 1.29 is 0 Å². The van der Waals surface area contributed by atoms with E-state index in [1.54, 1.807) is 0 Å². The Kier molecular flexibility index (Phi) is 3.67. The summed E-state index contributed by atoms with van der Waals surface area (Å²) in [5, 5.41) is 4.32. The van der Waals surface area contributed by atoms with Gasteiger partial charge in [0.25, 0.3) is 0 Å². The average Bonchev–Trinajstić information content (AvgIpc) is 2.64. The topological polar surface area (TPSA) is 17.8 Å². The third kappa shape index (κ3) is 2.59. The Morgan fingerprint density at radius 1 is 1.41 bits per heavy atom. The molecule has 0 aromatic carbocycles. The third-order valence-corrected chi connectivity index (χ3v) is 5.42. The van der Waals surface area contributed by atoms with E-state index in [4.69, 9.17) is 0 Å². The van der Waals surface area contributed by atoms with Crippen LogP contribution in [0, 0.1) is 11.8 Å². The van der Waals surface area contributed by atoms with Crippen LogP contribution >= 0.6 is 15.9 Å². The Balaban J connectivity index is 2.20. The first-order chi connectivity index (χ1) is 7.91. The highest BCUT2D eigenvalue weighted by atomic mass is 79.9. The second kappa shape index (κ2) is 4.75. The van der Waals surface area contributed by atoms with E-state index >= 15 is 0 Å². The molecule has 3 atom stereocenters. The molecule has 1 saturated carbocycles. The maximum absolute atomic E-state index is 4.32. The van der Waals surface area contributed by atoms with Gasteiger partial charge in [0.05, 0.1) is 6.20 Å². The number of alkyl halides is 1. The normalized spacial score (nSPS) is 30.5. The number of hydrogen-bond acceptors (Lipinski definition) is 1. The molecule has 0 radical (unpaired) electrons. The molecule has 0 spiro atoms. The van der Waals surface area contributed by atoms with Crippen molar-refractivity contribution in [3.8, 4) is 0 Å². The van der Waals surface area contributed by atoms with Crippen molar-refractivity contribution in [2.45, 2.75) is 50.3 Å². The summed E-state index contributed by atoms with van der Waals surface area (Å²) in [4.78, 5) is 0.640. The highest BCUT2D eigenvalue weighted by Crippen LogP contribution is 2.44. The number of aromatic nitrogens is 2. The molecule has 0 aliphatic heterocycles. The summed E-state index contributed by atoms with van der Waals surface area (Å²) >= 11 is 3.91. The van der Waals surface area contributed by atoms with Crippen LogP contribution in [-0.4, -0.2) is 14.6 Å². The van der Waals surface area contributed by atoms with Crippen LogP contribution in [-0.2, 0) is 12.5 Å². The zero-order valence-electron chi connectivity index (χ0n) is 11.3. The molecule has 0 bridgehead atoms.